The second-order valence-corrected chi connectivity index (χ2v) is 7.70. The molecule has 0 aliphatic carbocycles. The number of rotatable bonds is 4. The van der Waals surface area contributed by atoms with Gasteiger partial charge in [0.2, 0.25) is 5.91 Å². The Balaban J connectivity index is 1.58. The number of hydrogen-bond acceptors (Lipinski definition) is 3. The summed E-state index contributed by atoms with van der Waals surface area (Å²) in [4.78, 5) is 31.4. The first-order chi connectivity index (χ1) is 14.6. The Morgan fingerprint density at radius 2 is 1.80 bits per heavy atom. The number of carbonyl (C=O) groups excluding carboxylic acids is 2. The number of nitrogens with one attached hydrogen (secondary N) is 1. The molecule has 0 spiro atoms. The van der Waals surface area contributed by atoms with Crippen molar-refractivity contribution in [1.82, 2.24) is 15.2 Å². The molecule has 0 radical (unpaired) electrons. The van der Waals surface area contributed by atoms with E-state index in [1.807, 2.05) is 12.1 Å². The molecule has 1 unspecified atom stereocenters. The Bertz CT molecular complexity index is 1030. The average Bonchev–Trinajstić information content (AvgIpc) is 2.96. The van der Waals surface area contributed by atoms with Crippen LogP contribution in [0.25, 0.3) is 11.1 Å². The monoisotopic (exact) mass is 399 g/mol. The van der Waals surface area contributed by atoms with Crippen molar-refractivity contribution in [2.24, 2.45) is 5.92 Å². The van der Waals surface area contributed by atoms with Gasteiger partial charge in [0.05, 0.1) is 5.92 Å². The fourth-order valence-electron chi connectivity index (χ4n) is 3.90. The van der Waals surface area contributed by atoms with Crippen molar-refractivity contribution >= 4 is 11.8 Å². The zero-order valence-corrected chi connectivity index (χ0v) is 17.0. The van der Waals surface area contributed by atoms with Gasteiger partial charge in [0.1, 0.15) is 0 Å². The minimum absolute atomic E-state index is 0.00117. The van der Waals surface area contributed by atoms with E-state index in [-0.39, 0.29) is 17.7 Å². The highest BCUT2D eigenvalue weighted by atomic mass is 16.2. The van der Waals surface area contributed by atoms with Crippen LogP contribution >= 0.6 is 0 Å². The number of carbonyl (C=O) groups is 2. The molecule has 1 aliphatic rings. The molecule has 2 amide bonds. The van der Waals surface area contributed by atoms with Crippen LogP contribution in [0.3, 0.4) is 0 Å². The van der Waals surface area contributed by atoms with Gasteiger partial charge in [-0.1, -0.05) is 54.1 Å². The number of benzene rings is 2. The quantitative estimate of drug-likeness (QED) is 0.731. The largest absolute Gasteiger partial charge is 0.354 e. The smallest absolute Gasteiger partial charge is 0.254 e. The highest BCUT2D eigenvalue weighted by molar-refractivity contribution is 5.94. The van der Waals surface area contributed by atoms with Gasteiger partial charge in [-0.2, -0.15) is 0 Å². The second kappa shape index (κ2) is 8.91. The molecule has 30 heavy (non-hydrogen) atoms. The first-order valence-electron chi connectivity index (χ1n) is 10.2. The first kappa shape index (κ1) is 19.8. The summed E-state index contributed by atoms with van der Waals surface area (Å²) in [5.41, 5.74) is 5.18. The van der Waals surface area contributed by atoms with Crippen LogP contribution in [0.5, 0.6) is 0 Å². The van der Waals surface area contributed by atoms with Crippen molar-refractivity contribution in [2.75, 3.05) is 19.6 Å². The van der Waals surface area contributed by atoms with E-state index >= 15 is 0 Å². The molecule has 1 fully saturated rings. The number of aryl methyl sites for hydroxylation is 1. The van der Waals surface area contributed by atoms with E-state index in [2.05, 4.69) is 53.6 Å². The predicted molar refractivity (Wildman–Crippen MR) is 117 cm³/mol. The van der Waals surface area contributed by atoms with Gasteiger partial charge in [-0.25, -0.2) is 0 Å². The third kappa shape index (κ3) is 4.40. The average molecular weight is 399 g/mol. The number of amides is 2. The van der Waals surface area contributed by atoms with Crippen LogP contribution in [0, 0.1) is 12.8 Å². The molecule has 4 rings (SSSR count). The molecule has 5 heteroatoms. The van der Waals surface area contributed by atoms with Gasteiger partial charge in [0.15, 0.2) is 0 Å². The normalized spacial score (nSPS) is 16.6. The number of pyridine rings is 1. The molecule has 2 heterocycles. The van der Waals surface area contributed by atoms with Crippen LogP contribution in [-0.4, -0.2) is 41.3 Å². The van der Waals surface area contributed by atoms with Crippen molar-refractivity contribution in [3.8, 4) is 11.1 Å². The zero-order valence-electron chi connectivity index (χ0n) is 17.0. The Labute approximate surface area is 176 Å². The summed E-state index contributed by atoms with van der Waals surface area (Å²) in [6.07, 6.45) is 3.81. The van der Waals surface area contributed by atoms with E-state index in [4.69, 9.17) is 0 Å². The molecule has 0 bridgehead atoms. The van der Waals surface area contributed by atoms with Crippen molar-refractivity contribution in [3.05, 3.63) is 89.7 Å². The Morgan fingerprint density at radius 3 is 2.57 bits per heavy atom. The second-order valence-electron chi connectivity index (χ2n) is 7.70. The summed E-state index contributed by atoms with van der Waals surface area (Å²) in [5.74, 6) is -0.366. The summed E-state index contributed by atoms with van der Waals surface area (Å²) in [7, 11) is 0. The molecular formula is C25H25N3O2. The van der Waals surface area contributed by atoms with E-state index in [1.165, 1.54) is 5.56 Å². The van der Waals surface area contributed by atoms with Gasteiger partial charge in [-0.05, 0) is 42.2 Å². The SMILES string of the molecule is Cc1ccc(-c2ccccc2CC2CN(C(=O)c3ccncc3)CCNC2=O)cc1. The highest BCUT2D eigenvalue weighted by Gasteiger charge is 2.28. The van der Waals surface area contributed by atoms with Crippen LogP contribution < -0.4 is 5.32 Å². The van der Waals surface area contributed by atoms with Crippen LogP contribution in [0.4, 0.5) is 0 Å². The third-order valence-electron chi connectivity index (χ3n) is 5.55. The topological polar surface area (TPSA) is 62.3 Å². The molecule has 0 saturated carbocycles. The summed E-state index contributed by atoms with van der Waals surface area (Å²) in [5, 5.41) is 2.97. The minimum Gasteiger partial charge on any atom is -0.354 e. The lowest BCUT2D eigenvalue weighted by atomic mass is 9.91. The highest BCUT2D eigenvalue weighted by Crippen LogP contribution is 2.27. The number of hydrogen-bond donors (Lipinski definition) is 1. The van der Waals surface area contributed by atoms with Gasteiger partial charge in [-0.15, -0.1) is 0 Å². The first-order valence-corrected chi connectivity index (χ1v) is 10.2. The number of aromatic nitrogens is 1. The fourth-order valence-corrected chi connectivity index (χ4v) is 3.90. The molecule has 1 atom stereocenters. The predicted octanol–water partition coefficient (Wildman–Crippen LogP) is 3.49. The molecule has 1 N–H and O–H groups in total. The molecule has 1 aliphatic heterocycles. The van der Waals surface area contributed by atoms with Crippen LogP contribution in [0.2, 0.25) is 0 Å². The van der Waals surface area contributed by atoms with Crippen LogP contribution in [0.1, 0.15) is 21.5 Å². The zero-order chi connectivity index (χ0) is 20.9. The van der Waals surface area contributed by atoms with E-state index in [0.717, 1.165) is 16.7 Å². The van der Waals surface area contributed by atoms with Crippen LogP contribution in [-0.2, 0) is 11.2 Å². The lowest BCUT2D eigenvalue weighted by molar-refractivity contribution is -0.124. The van der Waals surface area contributed by atoms with Crippen molar-refractivity contribution in [1.29, 1.82) is 0 Å². The Morgan fingerprint density at radius 1 is 1.07 bits per heavy atom. The van der Waals surface area contributed by atoms with Crippen molar-refractivity contribution < 1.29 is 9.59 Å². The van der Waals surface area contributed by atoms with Crippen molar-refractivity contribution in [3.63, 3.8) is 0 Å². The summed E-state index contributed by atoms with van der Waals surface area (Å²) < 4.78 is 0. The molecule has 1 aromatic heterocycles. The Kier molecular flexibility index (Phi) is 5.89. The van der Waals surface area contributed by atoms with Gasteiger partial charge < -0.3 is 10.2 Å². The van der Waals surface area contributed by atoms with Crippen LogP contribution in [0.15, 0.2) is 73.1 Å². The van der Waals surface area contributed by atoms with E-state index in [0.29, 0.717) is 31.6 Å². The molecule has 2 aromatic carbocycles. The van der Waals surface area contributed by atoms with Gasteiger partial charge in [0, 0.05) is 37.6 Å². The maximum absolute atomic E-state index is 12.9. The van der Waals surface area contributed by atoms with Gasteiger partial charge >= 0.3 is 0 Å². The standard InChI is InChI=1S/C25H25N3O2/c1-18-6-8-19(9-7-18)23-5-3-2-4-21(23)16-22-17-28(15-14-27-24(22)29)25(30)20-10-12-26-13-11-20/h2-13,22H,14-17H2,1H3,(H,27,29). The fraction of sp³-hybridized carbons (Fsp3) is 0.240. The Hall–Kier alpha value is -3.47. The van der Waals surface area contributed by atoms with Crippen molar-refractivity contribution in [2.45, 2.75) is 13.3 Å². The van der Waals surface area contributed by atoms with E-state index in [9.17, 15) is 9.59 Å². The van der Waals surface area contributed by atoms with E-state index < -0.39 is 0 Å². The summed E-state index contributed by atoms with van der Waals surface area (Å²) >= 11 is 0. The van der Waals surface area contributed by atoms with Gasteiger partial charge in [0.25, 0.3) is 5.91 Å². The molecule has 3 aromatic rings. The minimum atomic E-state index is -0.301. The van der Waals surface area contributed by atoms with E-state index in [1.54, 1.807) is 29.4 Å². The lowest BCUT2D eigenvalue weighted by Gasteiger charge is -2.24. The maximum Gasteiger partial charge on any atom is 0.254 e. The molecule has 152 valence electrons. The lowest BCUT2D eigenvalue weighted by Crippen LogP contribution is -2.37. The molecule has 1 saturated heterocycles. The summed E-state index contributed by atoms with van der Waals surface area (Å²) in [6.45, 7) is 3.43. The third-order valence-corrected chi connectivity index (χ3v) is 5.55. The maximum atomic E-state index is 12.9. The van der Waals surface area contributed by atoms with Gasteiger partial charge in [-0.3, -0.25) is 14.6 Å². The molecule has 5 nitrogen and oxygen atoms in total. The number of nitrogens with zero attached hydrogens (tertiary/aromatic N) is 2. The molecular weight excluding hydrogens is 374 g/mol. The summed E-state index contributed by atoms with van der Waals surface area (Å²) in [6, 6.07) is 20.0.